The van der Waals surface area contributed by atoms with Crippen LogP contribution in [0.4, 0.5) is 5.82 Å². The van der Waals surface area contributed by atoms with Gasteiger partial charge >= 0.3 is 0 Å². The van der Waals surface area contributed by atoms with Crippen molar-refractivity contribution in [1.29, 1.82) is 0 Å². The van der Waals surface area contributed by atoms with E-state index in [-0.39, 0.29) is 6.04 Å². The number of hydrogen-bond donors (Lipinski definition) is 2. The lowest BCUT2D eigenvalue weighted by molar-refractivity contribution is 0.550. The molecule has 6 nitrogen and oxygen atoms in total. The Kier molecular flexibility index (Phi) is 5.36. The van der Waals surface area contributed by atoms with Crippen LogP contribution in [0.2, 0.25) is 0 Å². The van der Waals surface area contributed by atoms with E-state index in [0.717, 1.165) is 21.9 Å². The molecular formula is C21H24N6S. The maximum atomic E-state index is 5.76. The Balaban J connectivity index is 1.78. The molecule has 0 saturated heterocycles. The smallest absolute Gasteiger partial charge is 0.139 e. The number of nitrogens with one attached hydrogen (secondary N) is 1. The molecule has 0 aliphatic carbocycles. The summed E-state index contributed by atoms with van der Waals surface area (Å²) < 4.78 is 1.94. The fourth-order valence-electron chi connectivity index (χ4n) is 3.32. The average Bonchev–Trinajstić information content (AvgIpc) is 3.30. The second-order valence-corrected chi connectivity index (χ2v) is 8.03. The van der Waals surface area contributed by atoms with E-state index in [1.54, 1.807) is 17.5 Å². The van der Waals surface area contributed by atoms with E-state index >= 15 is 0 Å². The van der Waals surface area contributed by atoms with E-state index in [0.29, 0.717) is 19.5 Å². The highest BCUT2D eigenvalue weighted by Crippen LogP contribution is 2.35. The van der Waals surface area contributed by atoms with E-state index in [1.165, 1.54) is 16.0 Å². The van der Waals surface area contributed by atoms with E-state index in [4.69, 9.17) is 15.7 Å². The van der Waals surface area contributed by atoms with Gasteiger partial charge in [0, 0.05) is 23.7 Å². The van der Waals surface area contributed by atoms with Crippen LogP contribution in [0.25, 0.3) is 10.2 Å². The monoisotopic (exact) mass is 392 g/mol. The zero-order valence-corrected chi connectivity index (χ0v) is 16.9. The number of thiophene rings is 1. The summed E-state index contributed by atoms with van der Waals surface area (Å²) in [6, 6.07) is 12.4. The Bertz CT molecular complexity index is 1060. The highest BCUT2D eigenvalue weighted by Gasteiger charge is 2.19. The molecule has 0 fully saturated rings. The number of nitrogens with two attached hydrogens (primary N) is 1. The van der Waals surface area contributed by atoms with Crippen LogP contribution in [0.15, 0.2) is 48.8 Å². The second-order valence-electron chi connectivity index (χ2n) is 6.83. The zero-order valence-electron chi connectivity index (χ0n) is 16.1. The summed E-state index contributed by atoms with van der Waals surface area (Å²) >= 11 is 1.71. The second kappa shape index (κ2) is 8.08. The Labute approximate surface area is 168 Å². The van der Waals surface area contributed by atoms with Crippen molar-refractivity contribution >= 4 is 27.4 Å². The maximum absolute atomic E-state index is 5.76. The minimum Gasteiger partial charge on any atom is -0.361 e. The van der Waals surface area contributed by atoms with Gasteiger partial charge in [0.2, 0.25) is 0 Å². The van der Waals surface area contributed by atoms with Crippen LogP contribution in [-0.2, 0) is 13.0 Å². The van der Waals surface area contributed by atoms with Gasteiger partial charge in [-0.05, 0) is 37.6 Å². The van der Waals surface area contributed by atoms with Crippen LogP contribution in [-0.4, -0.2) is 26.3 Å². The first-order valence-electron chi connectivity index (χ1n) is 9.41. The lowest BCUT2D eigenvalue weighted by atomic mass is 10.1. The third kappa shape index (κ3) is 3.76. The number of benzene rings is 1. The first-order valence-corrected chi connectivity index (χ1v) is 10.2. The molecule has 3 heterocycles. The molecule has 0 unspecified atom stereocenters. The SMILES string of the molecule is Cc1sc2nc(CCN)nc(N[C@@H](Cn3cccn3)c3ccccc3)c2c1C. The Morgan fingerprint density at radius 2 is 1.96 bits per heavy atom. The predicted octanol–water partition coefficient (Wildman–Crippen LogP) is 3.86. The summed E-state index contributed by atoms with van der Waals surface area (Å²) in [5, 5.41) is 9.17. The van der Waals surface area contributed by atoms with Crippen molar-refractivity contribution in [3.8, 4) is 0 Å². The molecule has 4 aromatic rings. The molecule has 0 saturated carbocycles. The van der Waals surface area contributed by atoms with Crippen LogP contribution in [0.3, 0.4) is 0 Å². The lowest BCUT2D eigenvalue weighted by Crippen LogP contribution is -2.19. The van der Waals surface area contributed by atoms with E-state index in [1.807, 2.05) is 23.0 Å². The fourth-order valence-corrected chi connectivity index (χ4v) is 4.37. The lowest BCUT2D eigenvalue weighted by Gasteiger charge is -2.21. The van der Waals surface area contributed by atoms with E-state index in [9.17, 15) is 0 Å². The van der Waals surface area contributed by atoms with Gasteiger partial charge in [-0.15, -0.1) is 11.3 Å². The van der Waals surface area contributed by atoms with Gasteiger partial charge < -0.3 is 11.1 Å². The Morgan fingerprint density at radius 3 is 2.68 bits per heavy atom. The molecular weight excluding hydrogens is 368 g/mol. The molecule has 1 atom stereocenters. The van der Waals surface area contributed by atoms with Crippen LogP contribution in [0.5, 0.6) is 0 Å². The van der Waals surface area contributed by atoms with Gasteiger partial charge in [-0.1, -0.05) is 30.3 Å². The van der Waals surface area contributed by atoms with E-state index < -0.39 is 0 Å². The van der Waals surface area contributed by atoms with Crippen molar-refractivity contribution in [3.63, 3.8) is 0 Å². The standard InChI is InChI=1S/C21H24N6S/c1-14-15(2)28-21-19(14)20(25-18(26-21)9-10-22)24-17(13-27-12-6-11-23-27)16-7-4-3-5-8-16/h3-8,11-12,17H,9-10,13,22H2,1-2H3,(H,24,25,26)/t17-/m0/s1. The Morgan fingerprint density at radius 1 is 1.14 bits per heavy atom. The highest BCUT2D eigenvalue weighted by atomic mass is 32.1. The molecule has 0 bridgehead atoms. The number of anilines is 1. The molecule has 7 heteroatoms. The molecule has 28 heavy (non-hydrogen) atoms. The van der Waals surface area contributed by atoms with Gasteiger partial charge in [-0.2, -0.15) is 5.10 Å². The quantitative estimate of drug-likeness (QED) is 0.499. The van der Waals surface area contributed by atoms with Gasteiger partial charge in [0.05, 0.1) is 18.0 Å². The normalized spacial score (nSPS) is 12.4. The molecule has 0 spiro atoms. The summed E-state index contributed by atoms with van der Waals surface area (Å²) in [5.74, 6) is 1.65. The van der Waals surface area contributed by atoms with Crippen molar-refractivity contribution in [2.24, 2.45) is 5.73 Å². The average molecular weight is 393 g/mol. The largest absolute Gasteiger partial charge is 0.361 e. The van der Waals surface area contributed by atoms with Gasteiger partial charge in [0.15, 0.2) is 0 Å². The van der Waals surface area contributed by atoms with Crippen molar-refractivity contribution in [2.75, 3.05) is 11.9 Å². The summed E-state index contributed by atoms with van der Waals surface area (Å²) in [4.78, 5) is 11.8. The molecule has 0 radical (unpaired) electrons. The van der Waals surface area contributed by atoms with Crippen molar-refractivity contribution in [1.82, 2.24) is 19.7 Å². The van der Waals surface area contributed by atoms with E-state index in [2.05, 4.69) is 48.5 Å². The third-order valence-corrected chi connectivity index (χ3v) is 5.99. The summed E-state index contributed by atoms with van der Waals surface area (Å²) in [6.45, 7) is 5.50. The number of aryl methyl sites for hydroxylation is 2. The van der Waals surface area contributed by atoms with Crippen LogP contribution >= 0.6 is 11.3 Å². The molecule has 1 aromatic carbocycles. The van der Waals surface area contributed by atoms with Crippen LogP contribution < -0.4 is 11.1 Å². The van der Waals surface area contributed by atoms with Gasteiger partial charge in [0.25, 0.3) is 0 Å². The molecule has 3 aromatic heterocycles. The molecule has 144 valence electrons. The number of hydrogen-bond acceptors (Lipinski definition) is 6. The predicted molar refractivity (Wildman–Crippen MR) is 115 cm³/mol. The Hall–Kier alpha value is -2.77. The fraction of sp³-hybridized carbons (Fsp3) is 0.286. The molecule has 4 rings (SSSR count). The number of rotatable bonds is 7. The molecule has 3 N–H and O–H groups in total. The number of fused-ring (bicyclic) bond motifs is 1. The van der Waals surface area contributed by atoms with Gasteiger partial charge in [-0.25, -0.2) is 9.97 Å². The number of nitrogens with zero attached hydrogens (tertiary/aromatic N) is 4. The summed E-state index contributed by atoms with van der Waals surface area (Å²) in [7, 11) is 0. The topological polar surface area (TPSA) is 81.6 Å². The molecule has 0 aliphatic heterocycles. The van der Waals surface area contributed by atoms with Crippen LogP contribution in [0.1, 0.15) is 27.9 Å². The molecule has 0 amide bonds. The van der Waals surface area contributed by atoms with Gasteiger partial charge in [-0.3, -0.25) is 4.68 Å². The highest BCUT2D eigenvalue weighted by molar-refractivity contribution is 7.18. The summed E-state index contributed by atoms with van der Waals surface area (Å²) in [6.07, 6.45) is 4.44. The maximum Gasteiger partial charge on any atom is 0.139 e. The summed E-state index contributed by atoms with van der Waals surface area (Å²) in [5.41, 5.74) is 8.18. The molecule has 0 aliphatic rings. The van der Waals surface area contributed by atoms with Crippen LogP contribution in [0, 0.1) is 13.8 Å². The number of aromatic nitrogens is 4. The first kappa shape index (κ1) is 18.6. The van der Waals surface area contributed by atoms with Gasteiger partial charge in [0.1, 0.15) is 16.5 Å². The third-order valence-electron chi connectivity index (χ3n) is 4.88. The van der Waals surface area contributed by atoms with Crippen molar-refractivity contribution in [3.05, 3.63) is 70.6 Å². The van der Waals surface area contributed by atoms with Crippen molar-refractivity contribution in [2.45, 2.75) is 32.9 Å². The minimum atomic E-state index is 0.0320. The minimum absolute atomic E-state index is 0.0320. The zero-order chi connectivity index (χ0) is 19.5. The first-order chi connectivity index (χ1) is 13.7. The van der Waals surface area contributed by atoms with Crippen molar-refractivity contribution < 1.29 is 0 Å².